The summed E-state index contributed by atoms with van der Waals surface area (Å²) in [6, 6.07) is 5.40. The SMILES string of the molecule is Cc1cc(C)c(NC(=O)c2cc(NC3CCS(=O)(=O)C3)nc(C)n2)c(C)c1. The number of carbonyl (C=O) groups is 1. The average Bonchev–Trinajstić information content (AvgIpc) is 2.88. The molecule has 1 saturated heterocycles. The van der Waals surface area contributed by atoms with Gasteiger partial charge in [0.2, 0.25) is 0 Å². The van der Waals surface area contributed by atoms with Crippen LogP contribution in [0.25, 0.3) is 0 Å². The minimum Gasteiger partial charge on any atom is -0.366 e. The van der Waals surface area contributed by atoms with Crippen LogP contribution in [0, 0.1) is 27.7 Å². The minimum atomic E-state index is -2.99. The number of benzene rings is 1. The average molecular weight is 388 g/mol. The van der Waals surface area contributed by atoms with Crippen molar-refractivity contribution in [2.45, 2.75) is 40.2 Å². The Kier molecular flexibility index (Phi) is 5.19. The summed E-state index contributed by atoms with van der Waals surface area (Å²) < 4.78 is 23.3. The lowest BCUT2D eigenvalue weighted by Gasteiger charge is -2.15. The van der Waals surface area contributed by atoms with Crippen molar-refractivity contribution in [2.24, 2.45) is 0 Å². The molecule has 1 amide bonds. The predicted molar refractivity (Wildman–Crippen MR) is 106 cm³/mol. The van der Waals surface area contributed by atoms with Gasteiger partial charge in [0.1, 0.15) is 17.3 Å². The summed E-state index contributed by atoms with van der Waals surface area (Å²) in [5.41, 5.74) is 4.13. The van der Waals surface area contributed by atoms with E-state index in [-0.39, 0.29) is 29.1 Å². The number of nitrogens with zero attached hydrogens (tertiary/aromatic N) is 2. The fourth-order valence-electron chi connectivity index (χ4n) is 3.43. The van der Waals surface area contributed by atoms with Crippen LogP contribution in [-0.2, 0) is 9.84 Å². The number of amides is 1. The fraction of sp³-hybridized carbons (Fsp3) is 0.421. The Morgan fingerprint density at radius 2 is 1.74 bits per heavy atom. The monoisotopic (exact) mass is 388 g/mol. The van der Waals surface area contributed by atoms with Gasteiger partial charge in [-0.05, 0) is 45.2 Å². The Morgan fingerprint density at radius 1 is 1.07 bits per heavy atom. The fourth-order valence-corrected chi connectivity index (χ4v) is 5.10. The predicted octanol–water partition coefficient (Wildman–Crippen LogP) is 2.56. The lowest BCUT2D eigenvalue weighted by atomic mass is 10.0. The highest BCUT2D eigenvalue weighted by Crippen LogP contribution is 2.23. The van der Waals surface area contributed by atoms with Crippen LogP contribution < -0.4 is 10.6 Å². The molecule has 2 N–H and O–H groups in total. The lowest BCUT2D eigenvalue weighted by Crippen LogP contribution is -2.23. The van der Waals surface area contributed by atoms with E-state index < -0.39 is 9.84 Å². The number of hydrogen-bond acceptors (Lipinski definition) is 6. The quantitative estimate of drug-likeness (QED) is 0.835. The highest BCUT2D eigenvalue weighted by molar-refractivity contribution is 7.91. The van der Waals surface area contributed by atoms with Crippen molar-refractivity contribution in [3.63, 3.8) is 0 Å². The second-order valence-corrected chi connectivity index (χ2v) is 9.39. The van der Waals surface area contributed by atoms with E-state index in [1.165, 1.54) is 0 Å². The molecule has 2 heterocycles. The highest BCUT2D eigenvalue weighted by Gasteiger charge is 2.28. The lowest BCUT2D eigenvalue weighted by molar-refractivity contribution is 0.102. The van der Waals surface area contributed by atoms with Crippen LogP contribution in [0.5, 0.6) is 0 Å². The van der Waals surface area contributed by atoms with Gasteiger partial charge in [0.05, 0.1) is 11.5 Å². The van der Waals surface area contributed by atoms with E-state index in [9.17, 15) is 13.2 Å². The van der Waals surface area contributed by atoms with E-state index in [2.05, 4.69) is 20.6 Å². The van der Waals surface area contributed by atoms with Gasteiger partial charge in [0, 0.05) is 17.8 Å². The number of carbonyl (C=O) groups excluding carboxylic acids is 1. The third-order valence-corrected chi connectivity index (χ3v) is 6.34. The zero-order chi connectivity index (χ0) is 19.8. The minimum absolute atomic E-state index is 0.0827. The largest absolute Gasteiger partial charge is 0.366 e. The molecule has 0 saturated carbocycles. The van der Waals surface area contributed by atoms with Gasteiger partial charge >= 0.3 is 0 Å². The molecule has 1 aliphatic rings. The number of sulfone groups is 1. The topological polar surface area (TPSA) is 101 Å². The maximum atomic E-state index is 12.7. The molecule has 0 radical (unpaired) electrons. The van der Waals surface area contributed by atoms with Gasteiger partial charge in [-0.25, -0.2) is 18.4 Å². The summed E-state index contributed by atoms with van der Waals surface area (Å²) in [5, 5.41) is 6.05. The zero-order valence-electron chi connectivity index (χ0n) is 16.0. The van der Waals surface area contributed by atoms with Gasteiger partial charge < -0.3 is 10.6 Å². The first-order valence-corrected chi connectivity index (χ1v) is 10.7. The molecule has 0 aliphatic carbocycles. The smallest absolute Gasteiger partial charge is 0.274 e. The van der Waals surface area contributed by atoms with Crippen LogP contribution in [0.1, 0.15) is 39.4 Å². The maximum absolute atomic E-state index is 12.7. The van der Waals surface area contributed by atoms with E-state index >= 15 is 0 Å². The summed E-state index contributed by atoms with van der Waals surface area (Å²) in [5.74, 6) is 0.848. The highest BCUT2D eigenvalue weighted by atomic mass is 32.2. The van der Waals surface area contributed by atoms with Crippen LogP contribution in [0.3, 0.4) is 0 Å². The number of aryl methyl sites for hydroxylation is 4. The van der Waals surface area contributed by atoms with Gasteiger partial charge in [0.25, 0.3) is 5.91 Å². The van der Waals surface area contributed by atoms with Crippen molar-refractivity contribution in [1.29, 1.82) is 0 Å². The van der Waals surface area contributed by atoms with Crippen LogP contribution in [-0.4, -0.2) is 41.8 Å². The second kappa shape index (κ2) is 7.26. The molecule has 3 rings (SSSR count). The molecule has 8 heteroatoms. The van der Waals surface area contributed by atoms with Crippen molar-refractivity contribution in [2.75, 3.05) is 22.1 Å². The Labute approximate surface area is 159 Å². The summed E-state index contributed by atoms with van der Waals surface area (Å²) in [4.78, 5) is 21.2. The third kappa shape index (κ3) is 4.63. The van der Waals surface area contributed by atoms with Crippen LogP contribution in [0.4, 0.5) is 11.5 Å². The van der Waals surface area contributed by atoms with Gasteiger partial charge in [-0.3, -0.25) is 4.79 Å². The first-order valence-electron chi connectivity index (χ1n) is 8.85. The van der Waals surface area contributed by atoms with Gasteiger partial charge in [0.15, 0.2) is 9.84 Å². The third-order valence-electron chi connectivity index (χ3n) is 4.57. The molecule has 1 aliphatic heterocycles. The van der Waals surface area contributed by atoms with Crippen molar-refractivity contribution in [3.8, 4) is 0 Å². The van der Waals surface area contributed by atoms with E-state index in [1.807, 2.05) is 32.9 Å². The Bertz CT molecular complexity index is 979. The van der Waals surface area contributed by atoms with E-state index in [1.54, 1.807) is 13.0 Å². The van der Waals surface area contributed by atoms with Gasteiger partial charge in [-0.1, -0.05) is 17.7 Å². The molecular weight excluding hydrogens is 364 g/mol. The molecule has 1 atom stereocenters. The molecule has 1 aromatic heterocycles. The molecule has 27 heavy (non-hydrogen) atoms. The van der Waals surface area contributed by atoms with E-state index in [0.717, 1.165) is 22.4 Å². The first kappa shape index (κ1) is 19.3. The molecule has 1 unspecified atom stereocenters. The normalized spacial score (nSPS) is 18.3. The summed E-state index contributed by atoms with van der Waals surface area (Å²) in [7, 11) is -2.99. The molecule has 7 nitrogen and oxygen atoms in total. The van der Waals surface area contributed by atoms with Crippen molar-refractivity contribution < 1.29 is 13.2 Å². The molecule has 2 aromatic rings. The van der Waals surface area contributed by atoms with Gasteiger partial charge in [-0.2, -0.15) is 0 Å². The summed E-state index contributed by atoms with van der Waals surface area (Å²) >= 11 is 0. The van der Waals surface area contributed by atoms with Crippen molar-refractivity contribution in [1.82, 2.24) is 9.97 Å². The zero-order valence-corrected chi connectivity index (χ0v) is 16.8. The number of aromatic nitrogens is 2. The Hall–Kier alpha value is -2.48. The van der Waals surface area contributed by atoms with Crippen molar-refractivity contribution in [3.05, 3.63) is 46.4 Å². The number of nitrogens with one attached hydrogen (secondary N) is 2. The molecular formula is C19H24N4O3S. The number of rotatable bonds is 4. The van der Waals surface area contributed by atoms with Crippen LogP contribution >= 0.6 is 0 Å². The van der Waals surface area contributed by atoms with Gasteiger partial charge in [-0.15, -0.1) is 0 Å². The molecule has 144 valence electrons. The number of hydrogen-bond donors (Lipinski definition) is 2. The van der Waals surface area contributed by atoms with E-state index in [4.69, 9.17) is 0 Å². The summed E-state index contributed by atoms with van der Waals surface area (Å²) in [6.45, 7) is 7.62. The van der Waals surface area contributed by atoms with Crippen LogP contribution in [0.2, 0.25) is 0 Å². The molecule has 1 aromatic carbocycles. The van der Waals surface area contributed by atoms with Crippen LogP contribution in [0.15, 0.2) is 18.2 Å². The number of anilines is 2. The molecule has 1 fully saturated rings. The summed E-state index contributed by atoms with van der Waals surface area (Å²) in [6.07, 6.45) is 0.536. The second-order valence-electron chi connectivity index (χ2n) is 7.16. The van der Waals surface area contributed by atoms with E-state index in [0.29, 0.717) is 18.1 Å². The maximum Gasteiger partial charge on any atom is 0.274 e. The Morgan fingerprint density at radius 3 is 2.33 bits per heavy atom. The molecule has 0 bridgehead atoms. The first-order chi connectivity index (χ1) is 12.6. The standard InChI is InChI=1S/C19H24N4O3S/c1-11-7-12(2)18(13(3)8-11)23-19(24)16-9-17(21-14(4)20-16)22-15-5-6-27(25,26)10-15/h7-9,15H,5-6,10H2,1-4H3,(H,23,24)(H,20,21,22). The Balaban J connectivity index is 1.80. The van der Waals surface area contributed by atoms with Crippen molar-refractivity contribution >= 4 is 27.2 Å². The molecule has 0 spiro atoms.